The lowest BCUT2D eigenvalue weighted by Crippen LogP contribution is -2.10. The molecule has 0 bridgehead atoms. The number of hydrogen-bond donors (Lipinski definition) is 1. The van der Waals surface area contributed by atoms with Gasteiger partial charge < -0.3 is 14.1 Å². The van der Waals surface area contributed by atoms with E-state index in [9.17, 15) is 4.79 Å². The maximum Gasteiger partial charge on any atom is 0.158 e. The van der Waals surface area contributed by atoms with Crippen molar-refractivity contribution in [2.75, 3.05) is 27.4 Å². The summed E-state index contributed by atoms with van der Waals surface area (Å²) in [5.41, 5.74) is 0. The van der Waals surface area contributed by atoms with Crippen LogP contribution >= 0.6 is 8.30 Å². The SMILES string of the molecule is CC.CC/C=C\C(=C/CC)OP(C)NCC=O.COC. The van der Waals surface area contributed by atoms with Gasteiger partial charge in [-0.1, -0.05) is 33.8 Å². The first kappa shape index (κ1) is 24.3. The summed E-state index contributed by atoms with van der Waals surface area (Å²) in [5, 5.41) is 3.00. The van der Waals surface area contributed by atoms with Crippen molar-refractivity contribution in [3.8, 4) is 0 Å². The molecule has 0 spiro atoms. The topological polar surface area (TPSA) is 47.6 Å². The number of ether oxygens (including phenoxy) is 1. The summed E-state index contributed by atoms with van der Waals surface area (Å²) in [6.45, 7) is 10.4. The van der Waals surface area contributed by atoms with Gasteiger partial charge in [-0.25, -0.2) is 0 Å². The molecule has 0 aliphatic rings. The van der Waals surface area contributed by atoms with Crippen molar-refractivity contribution < 1.29 is 14.1 Å². The zero-order valence-electron chi connectivity index (χ0n) is 14.1. The minimum Gasteiger partial charge on any atom is -0.459 e. The van der Waals surface area contributed by atoms with Crippen molar-refractivity contribution in [2.45, 2.75) is 40.5 Å². The van der Waals surface area contributed by atoms with Gasteiger partial charge in [-0.2, -0.15) is 0 Å². The maximum atomic E-state index is 10.2. The molecule has 0 rings (SSSR count). The molecule has 0 fully saturated rings. The predicted molar refractivity (Wildman–Crippen MR) is 90.1 cm³/mol. The normalized spacial score (nSPS) is 11.8. The van der Waals surface area contributed by atoms with Gasteiger partial charge in [-0.3, -0.25) is 5.09 Å². The van der Waals surface area contributed by atoms with Crippen molar-refractivity contribution in [2.24, 2.45) is 0 Å². The van der Waals surface area contributed by atoms with E-state index in [1.807, 2.05) is 32.7 Å². The fourth-order valence-corrected chi connectivity index (χ4v) is 1.77. The van der Waals surface area contributed by atoms with Crippen molar-refractivity contribution >= 4 is 14.6 Å². The number of carbonyl (C=O) groups excluding carboxylic acids is 1. The smallest absolute Gasteiger partial charge is 0.158 e. The number of nitrogens with one attached hydrogen (secondary N) is 1. The summed E-state index contributed by atoms with van der Waals surface area (Å²) in [6, 6.07) is 0. The van der Waals surface area contributed by atoms with Crippen LogP contribution in [0.2, 0.25) is 0 Å². The minimum absolute atomic E-state index is 0.346. The van der Waals surface area contributed by atoms with Gasteiger partial charge in [-0.05, 0) is 25.0 Å². The summed E-state index contributed by atoms with van der Waals surface area (Å²) < 4.78 is 9.91. The molecule has 1 unspecified atom stereocenters. The van der Waals surface area contributed by atoms with E-state index >= 15 is 0 Å². The van der Waals surface area contributed by atoms with Crippen LogP contribution in [-0.2, 0) is 14.1 Å². The van der Waals surface area contributed by atoms with Gasteiger partial charge in [-0.15, -0.1) is 0 Å². The van der Waals surface area contributed by atoms with E-state index in [2.05, 4.69) is 29.7 Å². The van der Waals surface area contributed by atoms with Crippen molar-refractivity contribution in [3.05, 3.63) is 24.0 Å². The van der Waals surface area contributed by atoms with Gasteiger partial charge >= 0.3 is 0 Å². The zero-order valence-corrected chi connectivity index (χ0v) is 15.0. The molecule has 0 radical (unpaired) electrons. The Balaban J connectivity index is -0.000000505. The second kappa shape index (κ2) is 23.4. The lowest BCUT2D eigenvalue weighted by atomic mass is 10.3. The average Bonchev–Trinajstić information content (AvgIpc) is 2.46. The molecule has 0 heterocycles. The first-order valence-corrected chi connectivity index (χ1v) is 8.72. The molecule has 4 nitrogen and oxygen atoms in total. The molecule has 0 aliphatic heterocycles. The second-order valence-electron chi connectivity index (χ2n) is 3.35. The Morgan fingerprint density at radius 2 is 1.75 bits per heavy atom. The molecule has 0 amide bonds. The number of methoxy groups -OCH3 is 1. The third-order valence-electron chi connectivity index (χ3n) is 1.56. The van der Waals surface area contributed by atoms with Crippen molar-refractivity contribution in [1.29, 1.82) is 0 Å². The van der Waals surface area contributed by atoms with Crippen LogP contribution in [0.15, 0.2) is 24.0 Å². The van der Waals surface area contributed by atoms with Gasteiger partial charge in [0.15, 0.2) is 8.30 Å². The third-order valence-corrected chi connectivity index (χ3v) is 2.68. The van der Waals surface area contributed by atoms with Crippen LogP contribution in [0.3, 0.4) is 0 Å². The number of rotatable bonds is 8. The Morgan fingerprint density at radius 3 is 2.15 bits per heavy atom. The number of allylic oxidation sites excluding steroid dienone is 3. The molecular weight excluding hydrogens is 273 g/mol. The first-order chi connectivity index (χ1) is 9.65. The molecule has 120 valence electrons. The Kier molecular flexibility index (Phi) is 28.5. The quantitative estimate of drug-likeness (QED) is 0.315. The highest BCUT2D eigenvalue weighted by molar-refractivity contribution is 7.49. The summed E-state index contributed by atoms with van der Waals surface area (Å²) in [4.78, 5) is 10.2. The second-order valence-corrected chi connectivity index (χ2v) is 4.85. The van der Waals surface area contributed by atoms with E-state index in [4.69, 9.17) is 4.52 Å². The van der Waals surface area contributed by atoms with Crippen molar-refractivity contribution in [3.63, 3.8) is 0 Å². The summed E-state index contributed by atoms with van der Waals surface area (Å²) in [6.07, 6.45) is 8.85. The molecule has 0 aromatic carbocycles. The van der Waals surface area contributed by atoms with E-state index in [1.165, 1.54) is 0 Å². The number of aldehydes is 1. The standard InChI is InChI=1S/C11H20NO2P.C2H6O.C2H6/c1-4-6-8-11(7-5-2)14-15(3)12-9-10-13;1-3-2;1-2/h6-8,10,12H,4-5,9H2,1-3H3;1-2H3;1-2H3/b8-6-,11-7+;;. The van der Waals surface area contributed by atoms with E-state index in [0.717, 1.165) is 24.9 Å². The lowest BCUT2D eigenvalue weighted by molar-refractivity contribution is -0.106. The Hall–Kier alpha value is -0.700. The zero-order chi connectivity index (χ0) is 16.2. The Morgan fingerprint density at radius 1 is 1.20 bits per heavy atom. The van der Waals surface area contributed by atoms with Crippen LogP contribution in [0.25, 0.3) is 0 Å². The average molecular weight is 305 g/mol. The lowest BCUT2D eigenvalue weighted by Gasteiger charge is -2.14. The molecule has 1 atom stereocenters. The van der Waals surface area contributed by atoms with Gasteiger partial charge in [0, 0.05) is 20.9 Å². The predicted octanol–water partition coefficient (Wildman–Crippen LogP) is 4.28. The minimum atomic E-state index is -0.755. The molecular formula is C15H32NO3P. The fourth-order valence-electron chi connectivity index (χ4n) is 0.927. The molecule has 0 saturated heterocycles. The Labute approximate surface area is 126 Å². The number of hydrogen-bond acceptors (Lipinski definition) is 4. The van der Waals surface area contributed by atoms with Crippen LogP contribution in [0, 0.1) is 0 Å². The van der Waals surface area contributed by atoms with Crippen LogP contribution in [0.4, 0.5) is 0 Å². The molecule has 0 aromatic rings. The van der Waals surface area contributed by atoms with Crippen LogP contribution in [0.5, 0.6) is 0 Å². The molecule has 0 aliphatic carbocycles. The van der Waals surface area contributed by atoms with Gasteiger partial charge in [0.05, 0.1) is 6.54 Å². The monoisotopic (exact) mass is 305 g/mol. The van der Waals surface area contributed by atoms with Crippen LogP contribution in [-0.4, -0.2) is 33.7 Å². The molecule has 5 heteroatoms. The highest BCUT2D eigenvalue weighted by Crippen LogP contribution is 2.30. The van der Waals surface area contributed by atoms with E-state index in [0.29, 0.717) is 6.54 Å². The van der Waals surface area contributed by atoms with E-state index < -0.39 is 8.30 Å². The molecule has 1 N–H and O–H groups in total. The largest absolute Gasteiger partial charge is 0.459 e. The van der Waals surface area contributed by atoms with Crippen LogP contribution < -0.4 is 5.09 Å². The molecule has 20 heavy (non-hydrogen) atoms. The summed E-state index contributed by atoms with van der Waals surface area (Å²) in [7, 11) is 2.50. The van der Waals surface area contributed by atoms with Crippen LogP contribution in [0.1, 0.15) is 40.5 Å². The molecule has 0 saturated carbocycles. The van der Waals surface area contributed by atoms with E-state index in [-0.39, 0.29) is 0 Å². The maximum absolute atomic E-state index is 10.2. The highest BCUT2D eigenvalue weighted by atomic mass is 31.2. The highest BCUT2D eigenvalue weighted by Gasteiger charge is 2.02. The molecule has 0 aromatic heterocycles. The van der Waals surface area contributed by atoms with Gasteiger partial charge in [0.2, 0.25) is 0 Å². The Bertz CT molecular complexity index is 243. The first-order valence-electron chi connectivity index (χ1n) is 7.01. The summed E-state index contributed by atoms with van der Waals surface area (Å²) >= 11 is 0. The third kappa shape index (κ3) is 22.5. The summed E-state index contributed by atoms with van der Waals surface area (Å²) in [5.74, 6) is 0.881. The number of carbonyl (C=O) groups is 1. The van der Waals surface area contributed by atoms with Gasteiger partial charge in [0.1, 0.15) is 12.0 Å². The fraction of sp³-hybridized carbons (Fsp3) is 0.667. The van der Waals surface area contributed by atoms with Gasteiger partial charge in [0.25, 0.3) is 0 Å². The van der Waals surface area contributed by atoms with E-state index in [1.54, 1.807) is 14.2 Å². The van der Waals surface area contributed by atoms with Crippen molar-refractivity contribution in [1.82, 2.24) is 5.09 Å².